The Morgan fingerprint density at radius 2 is 1.95 bits per heavy atom. The Morgan fingerprint density at radius 1 is 1.27 bits per heavy atom. The Morgan fingerprint density at radius 3 is 2.55 bits per heavy atom. The van der Waals surface area contributed by atoms with Crippen molar-refractivity contribution in [1.82, 2.24) is 9.80 Å². The first-order valence-corrected chi connectivity index (χ1v) is 8.80. The molecule has 1 aromatic rings. The van der Waals surface area contributed by atoms with Crippen LogP contribution in [0.5, 0.6) is 0 Å². The maximum absolute atomic E-state index is 12.3. The summed E-state index contributed by atoms with van der Waals surface area (Å²) in [5, 5.41) is -0.0681. The third kappa shape index (κ3) is 4.26. The molecule has 1 aliphatic heterocycles. The van der Waals surface area contributed by atoms with E-state index in [4.69, 9.17) is 0 Å². The molecule has 22 heavy (non-hydrogen) atoms. The second kappa shape index (κ2) is 7.68. The zero-order valence-electron chi connectivity index (χ0n) is 13.5. The number of rotatable bonds is 5. The molecule has 0 spiro atoms. The number of hydrogen-bond donors (Lipinski definition) is 0. The Hall–Kier alpha value is -1.49. The molecule has 0 saturated carbocycles. The fourth-order valence-corrected chi connectivity index (χ4v) is 3.35. The Labute approximate surface area is 136 Å². The van der Waals surface area contributed by atoms with Crippen LogP contribution in [0.4, 0.5) is 0 Å². The molecule has 1 aliphatic rings. The van der Waals surface area contributed by atoms with Gasteiger partial charge < -0.3 is 9.80 Å². The molecular formula is C17H24N2O2S. The third-order valence-corrected chi connectivity index (χ3v) is 4.92. The predicted octanol–water partition coefficient (Wildman–Crippen LogP) is 2.31. The number of hydrogen-bond acceptors (Lipinski definition) is 3. The van der Waals surface area contributed by atoms with Gasteiger partial charge in [0.25, 0.3) is 0 Å². The maximum Gasteiger partial charge on any atom is 0.242 e. The fraction of sp³-hybridized carbons (Fsp3) is 0.529. The van der Waals surface area contributed by atoms with Gasteiger partial charge in [0.2, 0.25) is 11.8 Å². The molecule has 0 bridgehead atoms. The first-order valence-electron chi connectivity index (χ1n) is 7.75. The lowest BCUT2D eigenvalue weighted by Crippen LogP contribution is -2.53. The molecule has 2 rings (SSSR count). The van der Waals surface area contributed by atoms with Gasteiger partial charge in [-0.2, -0.15) is 0 Å². The monoisotopic (exact) mass is 320 g/mol. The summed E-state index contributed by atoms with van der Waals surface area (Å²) in [5.74, 6) is 1.03. The lowest BCUT2D eigenvalue weighted by molar-refractivity contribution is -0.145. The van der Waals surface area contributed by atoms with Crippen LogP contribution >= 0.6 is 11.8 Å². The number of carbonyl (C=O) groups excluding carboxylic acids is 2. The van der Waals surface area contributed by atoms with Gasteiger partial charge >= 0.3 is 0 Å². The number of piperazine rings is 1. The first-order chi connectivity index (χ1) is 10.5. The fourth-order valence-electron chi connectivity index (χ4n) is 2.56. The van der Waals surface area contributed by atoms with Gasteiger partial charge in [0.1, 0.15) is 0 Å². The summed E-state index contributed by atoms with van der Waals surface area (Å²) >= 11 is 1.62. The standard InChI is InChI=1S/C17H24N2O2S/c1-4-22-14(3)17(21)19-10-9-18(16(20)12-19)11-15-7-5-13(2)6-8-15/h5-8,14H,4,9-12H2,1-3H3/t14-/m0/s1. The van der Waals surface area contributed by atoms with Gasteiger partial charge in [-0.15, -0.1) is 11.8 Å². The second-order valence-corrected chi connectivity index (χ2v) is 7.28. The van der Waals surface area contributed by atoms with Crippen LogP contribution < -0.4 is 0 Å². The minimum atomic E-state index is -0.0681. The Bertz CT molecular complexity index is 530. The summed E-state index contributed by atoms with van der Waals surface area (Å²) in [5.41, 5.74) is 2.35. The van der Waals surface area contributed by atoms with Crippen LogP contribution in [-0.4, -0.2) is 52.3 Å². The van der Waals surface area contributed by atoms with Crippen LogP contribution in [0.15, 0.2) is 24.3 Å². The molecule has 1 heterocycles. The van der Waals surface area contributed by atoms with E-state index >= 15 is 0 Å². The first kappa shape index (κ1) is 16.9. The van der Waals surface area contributed by atoms with Gasteiger partial charge in [-0.3, -0.25) is 9.59 Å². The second-order valence-electron chi connectivity index (χ2n) is 5.66. The number of carbonyl (C=O) groups is 2. The summed E-state index contributed by atoms with van der Waals surface area (Å²) in [7, 11) is 0. The summed E-state index contributed by atoms with van der Waals surface area (Å²) in [6.45, 7) is 8.08. The lowest BCUT2D eigenvalue weighted by Gasteiger charge is -2.35. The van der Waals surface area contributed by atoms with Crippen LogP contribution in [0, 0.1) is 6.92 Å². The number of benzene rings is 1. The minimum absolute atomic E-state index is 0.0360. The highest BCUT2D eigenvalue weighted by molar-refractivity contribution is 8.00. The van der Waals surface area contributed by atoms with Crippen LogP contribution in [0.1, 0.15) is 25.0 Å². The Balaban J connectivity index is 1.91. The molecule has 0 unspecified atom stereocenters. The molecule has 0 radical (unpaired) electrons. The molecule has 1 fully saturated rings. The largest absolute Gasteiger partial charge is 0.335 e. The van der Waals surface area contributed by atoms with Crippen LogP contribution in [0.25, 0.3) is 0 Å². The molecule has 120 valence electrons. The highest BCUT2D eigenvalue weighted by Crippen LogP contribution is 2.16. The average molecular weight is 320 g/mol. The van der Waals surface area contributed by atoms with Crippen molar-refractivity contribution in [3.05, 3.63) is 35.4 Å². The van der Waals surface area contributed by atoms with Crippen molar-refractivity contribution in [3.63, 3.8) is 0 Å². The van der Waals surface area contributed by atoms with E-state index in [-0.39, 0.29) is 23.6 Å². The van der Waals surface area contributed by atoms with E-state index in [2.05, 4.69) is 31.2 Å². The zero-order chi connectivity index (χ0) is 16.1. The van der Waals surface area contributed by atoms with Crippen molar-refractivity contribution in [2.24, 2.45) is 0 Å². The van der Waals surface area contributed by atoms with Crippen LogP contribution in [-0.2, 0) is 16.1 Å². The minimum Gasteiger partial charge on any atom is -0.335 e. The summed E-state index contributed by atoms with van der Waals surface area (Å²) in [4.78, 5) is 28.1. The number of thioether (sulfide) groups is 1. The van der Waals surface area contributed by atoms with Crippen molar-refractivity contribution in [3.8, 4) is 0 Å². The number of nitrogens with zero attached hydrogens (tertiary/aromatic N) is 2. The molecule has 0 aliphatic carbocycles. The van der Waals surface area contributed by atoms with Crippen molar-refractivity contribution in [2.45, 2.75) is 32.6 Å². The SMILES string of the molecule is CCS[C@@H](C)C(=O)N1CCN(Cc2ccc(C)cc2)C(=O)C1. The molecule has 1 atom stereocenters. The highest BCUT2D eigenvalue weighted by Gasteiger charge is 2.29. The molecule has 5 heteroatoms. The summed E-state index contributed by atoms with van der Waals surface area (Å²) in [6.07, 6.45) is 0. The van der Waals surface area contributed by atoms with Gasteiger partial charge in [0, 0.05) is 19.6 Å². The third-order valence-electron chi connectivity index (χ3n) is 3.89. The van der Waals surface area contributed by atoms with E-state index in [0.717, 1.165) is 11.3 Å². The number of amides is 2. The number of aryl methyl sites for hydroxylation is 1. The zero-order valence-corrected chi connectivity index (χ0v) is 14.4. The molecule has 1 aromatic carbocycles. The highest BCUT2D eigenvalue weighted by atomic mass is 32.2. The molecule has 4 nitrogen and oxygen atoms in total. The van der Waals surface area contributed by atoms with E-state index in [0.29, 0.717) is 19.6 Å². The average Bonchev–Trinajstić information content (AvgIpc) is 2.51. The van der Waals surface area contributed by atoms with Gasteiger partial charge in [-0.1, -0.05) is 36.8 Å². The molecule has 0 aromatic heterocycles. The topological polar surface area (TPSA) is 40.6 Å². The molecule has 0 N–H and O–H groups in total. The van der Waals surface area contributed by atoms with E-state index in [1.807, 2.05) is 18.7 Å². The quantitative estimate of drug-likeness (QED) is 0.836. The normalized spacial score (nSPS) is 16.8. The van der Waals surface area contributed by atoms with E-state index in [9.17, 15) is 9.59 Å². The van der Waals surface area contributed by atoms with Gasteiger partial charge in [0.15, 0.2) is 0 Å². The van der Waals surface area contributed by atoms with Crippen molar-refractivity contribution < 1.29 is 9.59 Å². The van der Waals surface area contributed by atoms with Crippen LogP contribution in [0.2, 0.25) is 0 Å². The van der Waals surface area contributed by atoms with Gasteiger partial charge in [-0.05, 0) is 25.2 Å². The van der Waals surface area contributed by atoms with E-state index in [1.165, 1.54) is 5.56 Å². The predicted molar refractivity (Wildman–Crippen MR) is 90.8 cm³/mol. The van der Waals surface area contributed by atoms with Gasteiger partial charge in [-0.25, -0.2) is 0 Å². The molecule has 1 saturated heterocycles. The maximum atomic E-state index is 12.3. The summed E-state index contributed by atoms with van der Waals surface area (Å²) < 4.78 is 0. The lowest BCUT2D eigenvalue weighted by atomic mass is 10.1. The van der Waals surface area contributed by atoms with Crippen molar-refractivity contribution in [2.75, 3.05) is 25.4 Å². The van der Waals surface area contributed by atoms with Gasteiger partial charge in [0.05, 0.1) is 11.8 Å². The van der Waals surface area contributed by atoms with E-state index in [1.54, 1.807) is 16.7 Å². The van der Waals surface area contributed by atoms with Crippen LogP contribution in [0.3, 0.4) is 0 Å². The molecule has 2 amide bonds. The Kier molecular flexibility index (Phi) is 5.89. The van der Waals surface area contributed by atoms with Crippen molar-refractivity contribution >= 4 is 23.6 Å². The van der Waals surface area contributed by atoms with E-state index < -0.39 is 0 Å². The molecular weight excluding hydrogens is 296 g/mol. The smallest absolute Gasteiger partial charge is 0.242 e. The summed E-state index contributed by atoms with van der Waals surface area (Å²) in [6, 6.07) is 8.23. The van der Waals surface area contributed by atoms with Crippen molar-refractivity contribution in [1.29, 1.82) is 0 Å².